The van der Waals surface area contributed by atoms with Gasteiger partial charge in [-0.2, -0.15) is 0 Å². The summed E-state index contributed by atoms with van der Waals surface area (Å²) in [5.74, 6) is 0.203. The van der Waals surface area contributed by atoms with E-state index in [9.17, 15) is 9.59 Å². The molecule has 0 saturated heterocycles. The van der Waals surface area contributed by atoms with Gasteiger partial charge in [-0.1, -0.05) is 42.5 Å². The van der Waals surface area contributed by atoms with E-state index in [1.165, 1.54) is 11.3 Å². The summed E-state index contributed by atoms with van der Waals surface area (Å²) in [6.07, 6.45) is 0.873. The molecule has 1 heterocycles. The monoisotopic (exact) mass is 423 g/mol. The van der Waals surface area contributed by atoms with Crippen LogP contribution in [0.5, 0.6) is 5.75 Å². The second-order valence-corrected chi connectivity index (χ2v) is 7.81. The normalized spacial score (nSPS) is 10.5. The molecular formula is C24H25NO4S. The Morgan fingerprint density at radius 2 is 1.83 bits per heavy atom. The smallest absolute Gasteiger partial charge is 0.341 e. The van der Waals surface area contributed by atoms with Crippen LogP contribution >= 0.6 is 11.3 Å². The molecule has 0 unspecified atom stereocenters. The number of esters is 1. The zero-order chi connectivity index (χ0) is 21.3. The lowest BCUT2D eigenvalue weighted by Crippen LogP contribution is -2.14. The molecule has 3 rings (SSSR count). The highest BCUT2D eigenvalue weighted by atomic mass is 32.1. The Labute approximate surface area is 180 Å². The van der Waals surface area contributed by atoms with E-state index in [1.54, 1.807) is 13.0 Å². The van der Waals surface area contributed by atoms with E-state index in [-0.39, 0.29) is 12.5 Å². The summed E-state index contributed by atoms with van der Waals surface area (Å²) in [6, 6.07) is 19.3. The third-order valence-corrected chi connectivity index (χ3v) is 5.44. The Hall–Kier alpha value is -3.12. The predicted molar refractivity (Wildman–Crippen MR) is 120 cm³/mol. The number of nitrogens with one attached hydrogen (secondary N) is 1. The fourth-order valence-electron chi connectivity index (χ4n) is 2.91. The molecule has 0 spiro atoms. The first kappa shape index (κ1) is 21.6. The number of hydrogen-bond donors (Lipinski definition) is 1. The summed E-state index contributed by atoms with van der Waals surface area (Å²) >= 11 is 1.37. The molecule has 0 aliphatic rings. The van der Waals surface area contributed by atoms with Crippen LogP contribution < -0.4 is 10.1 Å². The van der Waals surface area contributed by atoms with Crippen LogP contribution in [0.2, 0.25) is 0 Å². The highest BCUT2D eigenvalue weighted by molar-refractivity contribution is 7.20. The molecule has 1 N–H and O–H groups in total. The SMILES string of the molecule is CCOC(=O)c1cc(-c2ccccc2)sc1NC(=O)CCCOc1cccc(C)c1. The number of thiophene rings is 1. The zero-order valence-corrected chi connectivity index (χ0v) is 18.0. The van der Waals surface area contributed by atoms with Crippen LogP contribution in [0.15, 0.2) is 60.7 Å². The number of carbonyl (C=O) groups is 2. The Bertz CT molecular complexity index is 997. The molecule has 5 nitrogen and oxygen atoms in total. The molecule has 0 aliphatic carbocycles. The van der Waals surface area contributed by atoms with Crippen molar-refractivity contribution in [2.45, 2.75) is 26.7 Å². The van der Waals surface area contributed by atoms with Crippen molar-refractivity contribution in [3.05, 3.63) is 71.8 Å². The fourth-order valence-corrected chi connectivity index (χ4v) is 3.97. The lowest BCUT2D eigenvalue weighted by Gasteiger charge is -2.08. The number of ether oxygens (including phenoxy) is 2. The van der Waals surface area contributed by atoms with Gasteiger partial charge in [0.15, 0.2) is 0 Å². The average molecular weight is 424 g/mol. The van der Waals surface area contributed by atoms with Gasteiger partial charge in [0.1, 0.15) is 10.8 Å². The lowest BCUT2D eigenvalue weighted by molar-refractivity contribution is -0.116. The molecule has 0 bridgehead atoms. The Morgan fingerprint density at radius 3 is 2.57 bits per heavy atom. The maximum atomic E-state index is 12.4. The van der Waals surface area contributed by atoms with E-state index in [1.807, 2.05) is 61.5 Å². The number of benzene rings is 2. The van der Waals surface area contributed by atoms with Crippen molar-refractivity contribution in [3.63, 3.8) is 0 Å². The third-order valence-electron chi connectivity index (χ3n) is 4.35. The quantitative estimate of drug-likeness (QED) is 0.354. The highest BCUT2D eigenvalue weighted by Gasteiger charge is 2.19. The second kappa shape index (κ2) is 10.6. The van der Waals surface area contributed by atoms with E-state index in [0.29, 0.717) is 30.0 Å². The number of amides is 1. The van der Waals surface area contributed by atoms with Crippen molar-refractivity contribution in [1.29, 1.82) is 0 Å². The van der Waals surface area contributed by atoms with E-state index < -0.39 is 5.97 Å². The molecule has 0 atom stereocenters. The number of anilines is 1. The van der Waals surface area contributed by atoms with Gasteiger partial charge in [0, 0.05) is 11.3 Å². The second-order valence-electron chi connectivity index (χ2n) is 6.76. The molecule has 156 valence electrons. The van der Waals surface area contributed by atoms with E-state index in [0.717, 1.165) is 21.8 Å². The Kier molecular flexibility index (Phi) is 7.63. The summed E-state index contributed by atoms with van der Waals surface area (Å²) in [5.41, 5.74) is 2.49. The first-order valence-electron chi connectivity index (χ1n) is 9.92. The van der Waals surface area contributed by atoms with Crippen molar-refractivity contribution >= 4 is 28.2 Å². The number of rotatable bonds is 9. The third kappa shape index (κ3) is 5.94. The largest absolute Gasteiger partial charge is 0.494 e. The lowest BCUT2D eigenvalue weighted by atomic mass is 10.1. The van der Waals surface area contributed by atoms with Gasteiger partial charge in [-0.25, -0.2) is 4.79 Å². The zero-order valence-electron chi connectivity index (χ0n) is 17.1. The van der Waals surface area contributed by atoms with Crippen molar-refractivity contribution in [2.24, 2.45) is 0 Å². The number of aryl methyl sites for hydroxylation is 1. The molecule has 0 saturated carbocycles. The Morgan fingerprint density at radius 1 is 1.03 bits per heavy atom. The summed E-state index contributed by atoms with van der Waals surface area (Å²) in [6.45, 7) is 4.49. The van der Waals surface area contributed by atoms with Crippen LogP contribution in [0.4, 0.5) is 5.00 Å². The van der Waals surface area contributed by atoms with Crippen LogP contribution in [0.1, 0.15) is 35.7 Å². The van der Waals surface area contributed by atoms with Crippen LogP contribution in [-0.4, -0.2) is 25.1 Å². The van der Waals surface area contributed by atoms with Gasteiger partial charge in [-0.15, -0.1) is 11.3 Å². The van der Waals surface area contributed by atoms with E-state index in [2.05, 4.69) is 5.32 Å². The van der Waals surface area contributed by atoms with Gasteiger partial charge in [-0.05, 0) is 49.6 Å². The molecule has 0 radical (unpaired) electrons. The topological polar surface area (TPSA) is 64.6 Å². The van der Waals surface area contributed by atoms with Crippen molar-refractivity contribution in [1.82, 2.24) is 0 Å². The Balaban J connectivity index is 1.61. The van der Waals surface area contributed by atoms with Gasteiger partial charge >= 0.3 is 5.97 Å². The fraction of sp³-hybridized carbons (Fsp3) is 0.250. The van der Waals surface area contributed by atoms with E-state index >= 15 is 0 Å². The molecule has 0 fully saturated rings. The summed E-state index contributed by atoms with van der Waals surface area (Å²) in [7, 11) is 0. The summed E-state index contributed by atoms with van der Waals surface area (Å²) < 4.78 is 10.8. The van der Waals surface area contributed by atoms with Crippen molar-refractivity contribution < 1.29 is 19.1 Å². The predicted octanol–water partition coefficient (Wildman–Crippen LogP) is 5.70. The highest BCUT2D eigenvalue weighted by Crippen LogP contribution is 2.36. The van der Waals surface area contributed by atoms with Gasteiger partial charge in [-0.3, -0.25) is 4.79 Å². The molecule has 2 aromatic carbocycles. The van der Waals surface area contributed by atoms with Crippen molar-refractivity contribution in [3.8, 4) is 16.2 Å². The number of carbonyl (C=O) groups excluding carboxylic acids is 2. The average Bonchev–Trinajstić information content (AvgIpc) is 3.16. The standard InChI is InChI=1S/C24H25NO4S/c1-3-28-24(27)20-16-21(18-10-5-4-6-11-18)30-23(20)25-22(26)13-8-14-29-19-12-7-9-17(2)15-19/h4-7,9-12,15-16H,3,8,13-14H2,1-2H3,(H,25,26). The molecular weight excluding hydrogens is 398 g/mol. The number of hydrogen-bond acceptors (Lipinski definition) is 5. The van der Waals surface area contributed by atoms with E-state index in [4.69, 9.17) is 9.47 Å². The maximum Gasteiger partial charge on any atom is 0.341 e. The minimum Gasteiger partial charge on any atom is -0.494 e. The van der Waals surface area contributed by atoms with Gasteiger partial charge in [0.25, 0.3) is 0 Å². The maximum absolute atomic E-state index is 12.4. The first-order valence-corrected chi connectivity index (χ1v) is 10.7. The van der Waals surface area contributed by atoms with Crippen molar-refractivity contribution in [2.75, 3.05) is 18.5 Å². The summed E-state index contributed by atoms with van der Waals surface area (Å²) in [4.78, 5) is 25.7. The first-order chi connectivity index (χ1) is 14.6. The van der Waals surface area contributed by atoms with Crippen LogP contribution in [0, 0.1) is 6.92 Å². The molecule has 30 heavy (non-hydrogen) atoms. The minimum absolute atomic E-state index is 0.158. The van der Waals surface area contributed by atoms with Gasteiger partial charge < -0.3 is 14.8 Å². The van der Waals surface area contributed by atoms with Gasteiger partial charge in [0.2, 0.25) is 5.91 Å². The van der Waals surface area contributed by atoms with Crippen LogP contribution in [0.25, 0.3) is 10.4 Å². The molecule has 6 heteroatoms. The molecule has 1 amide bonds. The molecule has 1 aromatic heterocycles. The summed E-state index contributed by atoms with van der Waals surface area (Å²) in [5, 5.41) is 3.38. The van der Waals surface area contributed by atoms with Crippen LogP contribution in [-0.2, 0) is 9.53 Å². The minimum atomic E-state index is -0.436. The van der Waals surface area contributed by atoms with Crippen LogP contribution in [0.3, 0.4) is 0 Å². The molecule has 3 aromatic rings. The molecule has 0 aliphatic heterocycles. The van der Waals surface area contributed by atoms with Gasteiger partial charge in [0.05, 0.1) is 18.8 Å².